The molecule has 144 valence electrons. The van der Waals surface area contributed by atoms with Gasteiger partial charge in [0.05, 0.1) is 17.3 Å². The fraction of sp³-hybridized carbons (Fsp3) is 0.500. The number of amides is 3. The van der Waals surface area contributed by atoms with Crippen molar-refractivity contribution in [2.75, 3.05) is 5.32 Å². The molecule has 3 amide bonds. The van der Waals surface area contributed by atoms with Crippen LogP contribution in [0.25, 0.3) is 0 Å². The molecule has 2 fully saturated rings. The molecule has 1 aromatic rings. The first kappa shape index (κ1) is 19.1. The van der Waals surface area contributed by atoms with Crippen molar-refractivity contribution >= 4 is 29.4 Å². The van der Waals surface area contributed by atoms with Gasteiger partial charge >= 0.3 is 5.97 Å². The van der Waals surface area contributed by atoms with Gasteiger partial charge in [-0.1, -0.05) is 32.9 Å². The summed E-state index contributed by atoms with van der Waals surface area (Å²) in [5.41, 5.74) is 0.0374. The van der Waals surface area contributed by atoms with E-state index in [-0.39, 0.29) is 17.7 Å². The molecule has 7 heteroatoms. The van der Waals surface area contributed by atoms with Crippen LogP contribution in [0, 0.1) is 17.3 Å². The van der Waals surface area contributed by atoms with Crippen molar-refractivity contribution < 1.29 is 24.3 Å². The van der Waals surface area contributed by atoms with E-state index in [1.807, 2.05) is 6.92 Å². The molecular formula is C20H24N2O5. The van der Waals surface area contributed by atoms with Crippen LogP contribution < -0.4 is 10.6 Å². The minimum Gasteiger partial charge on any atom is -0.481 e. The van der Waals surface area contributed by atoms with Gasteiger partial charge in [0.25, 0.3) is 0 Å². The first-order chi connectivity index (χ1) is 12.6. The van der Waals surface area contributed by atoms with Crippen LogP contribution in [0.5, 0.6) is 0 Å². The zero-order valence-corrected chi connectivity index (χ0v) is 15.7. The average Bonchev–Trinajstić information content (AvgIpc) is 3.19. The van der Waals surface area contributed by atoms with E-state index in [4.69, 9.17) is 0 Å². The van der Waals surface area contributed by atoms with Crippen molar-refractivity contribution in [1.29, 1.82) is 0 Å². The van der Waals surface area contributed by atoms with Gasteiger partial charge in [-0.15, -0.1) is 0 Å². The molecule has 27 heavy (non-hydrogen) atoms. The monoisotopic (exact) mass is 372 g/mol. The van der Waals surface area contributed by atoms with Crippen molar-refractivity contribution in [2.24, 2.45) is 17.3 Å². The summed E-state index contributed by atoms with van der Waals surface area (Å²) in [4.78, 5) is 47.6. The summed E-state index contributed by atoms with van der Waals surface area (Å²) in [5, 5.41) is 14.4. The summed E-state index contributed by atoms with van der Waals surface area (Å²) in [6.07, 6.45) is 1.32. The van der Waals surface area contributed by atoms with Gasteiger partial charge in [0.2, 0.25) is 17.7 Å². The number of carboxylic acid groups (broad SMARTS) is 1. The number of aliphatic carboxylic acids is 1. The van der Waals surface area contributed by atoms with Gasteiger partial charge in [0, 0.05) is 12.1 Å². The standard InChI is InChI=1S/C20H24N2O5/c1-4-20(10-9-13(23)22-18(20)27)11-5-7-12(8-6-11)21-16(24)14-15(17(25)26)19(14,2)3/h5-8,14-15H,4,9-10H2,1-3H3,(H,21,24)(H,25,26)(H,22,23,27)/t14-,15+,20-/m0/s1. The second kappa shape index (κ2) is 6.48. The van der Waals surface area contributed by atoms with Crippen LogP contribution in [-0.2, 0) is 24.6 Å². The molecular weight excluding hydrogens is 348 g/mol. The molecule has 1 saturated heterocycles. The van der Waals surface area contributed by atoms with Crippen LogP contribution in [0.1, 0.15) is 45.6 Å². The van der Waals surface area contributed by atoms with Gasteiger partial charge in [-0.3, -0.25) is 24.5 Å². The van der Waals surface area contributed by atoms with E-state index >= 15 is 0 Å². The summed E-state index contributed by atoms with van der Waals surface area (Å²) in [7, 11) is 0. The highest BCUT2D eigenvalue weighted by Gasteiger charge is 2.65. The Hall–Kier alpha value is -2.70. The molecule has 1 heterocycles. The predicted octanol–water partition coefficient (Wildman–Crippen LogP) is 2.07. The maximum absolute atomic E-state index is 12.4. The number of hydrogen-bond acceptors (Lipinski definition) is 4. The number of hydrogen-bond donors (Lipinski definition) is 3. The van der Waals surface area contributed by atoms with E-state index in [0.717, 1.165) is 5.56 Å². The molecule has 3 atom stereocenters. The Morgan fingerprint density at radius 1 is 1.19 bits per heavy atom. The minimum atomic E-state index is -0.960. The summed E-state index contributed by atoms with van der Waals surface area (Å²) in [6, 6.07) is 6.97. The number of carbonyl (C=O) groups excluding carboxylic acids is 3. The Bertz CT molecular complexity index is 814. The normalized spacial score (nSPS) is 29.0. The fourth-order valence-corrected chi connectivity index (χ4v) is 4.25. The quantitative estimate of drug-likeness (QED) is 0.685. The third-order valence-corrected chi connectivity index (χ3v) is 6.15. The zero-order valence-electron chi connectivity index (χ0n) is 15.7. The summed E-state index contributed by atoms with van der Waals surface area (Å²) >= 11 is 0. The molecule has 0 unspecified atom stereocenters. The highest BCUT2D eigenvalue weighted by atomic mass is 16.4. The topological polar surface area (TPSA) is 113 Å². The predicted molar refractivity (Wildman–Crippen MR) is 97.8 cm³/mol. The van der Waals surface area contributed by atoms with Gasteiger partial charge < -0.3 is 10.4 Å². The molecule has 3 N–H and O–H groups in total. The Morgan fingerprint density at radius 2 is 1.81 bits per heavy atom. The smallest absolute Gasteiger partial charge is 0.307 e. The van der Waals surface area contributed by atoms with Gasteiger partial charge in [-0.2, -0.15) is 0 Å². The third-order valence-electron chi connectivity index (χ3n) is 6.15. The molecule has 1 aliphatic carbocycles. The minimum absolute atomic E-state index is 0.256. The molecule has 0 radical (unpaired) electrons. The zero-order chi connectivity index (χ0) is 20.0. The van der Waals surface area contributed by atoms with Gasteiger partial charge in [-0.05, 0) is 36.0 Å². The maximum Gasteiger partial charge on any atom is 0.307 e. The molecule has 3 rings (SSSR count). The highest BCUT2D eigenvalue weighted by molar-refractivity contribution is 6.03. The lowest BCUT2D eigenvalue weighted by Gasteiger charge is -2.35. The van der Waals surface area contributed by atoms with Crippen LogP contribution in [0.4, 0.5) is 5.69 Å². The molecule has 1 saturated carbocycles. The SMILES string of the molecule is CC[C@@]1(c2ccc(NC(=O)[C@@H]3[C@H](C(=O)O)C3(C)C)cc2)CCC(=O)NC1=O. The first-order valence-electron chi connectivity index (χ1n) is 9.12. The molecule has 2 aliphatic rings. The van der Waals surface area contributed by atoms with Crippen molar-refractivity contribution in [3.05, 3.63) is 29.8 Å². The van der Waals surface area contributed by atoms with E-state index in [2.05, 4.69) is 10.6 Å². The van der Waals surface area contributed by atoms with Crippen LogP contribution in [-0.4, -0.2) is 28.8 Å². The van der Waals surface area contributed by atoms with Gasteiger partial charge in [0.1, 0.15) is 0 Å². The summed E-state index contributed by atoms with van der Waals surface area (Å²) in [5.74, 6) is -3.06. The van der Waals surface area contributed by atoms with Crippen molar-refractivity contribution in [3.8, 4) is 0 Å². The molecule has 7 nitrogen and oxygen atoms in total. The number of imide groups is 1. The lowest BCUT2D eigenvalue weighted by Crippen LogP contribution is -2.51. The second-order valence-corrected chi connectivity index (χ2v) is 7.99. The number of carboxylic acids is 1. The largest absolute Gasteiger partial charge is 0.481 e. The number of rotatable bonds is 5. The maximum atomic E-state index is 12.4. The van der Waals surface area contributed by atoms with Crippen molar-refractivity contribution in [3.63, 3.8) is 0 Å². The number of benzene rings is 1. The van der Waals surface area contributed by atoms with Crippen LogP contribution in [0.3, 0.4) is 0 Å². The first-order valence-corrected chi connectivity index (χ1v) is 9.12. The fourth-order valence-electron chi connectivity index (χ4n) is 4.25. The van der Waals surface area contributed by atoms with Crippen molar-refractivity contribution in [2.45, 2.75) is 45.4 Å². The van der Waals surface area contributed by atoms with Gasteiger partial charge in [-0.25, -0.2) is 0 Å². The number of nitrogens with one attached hydrogen (secondary N) is 2. The number of carbonyl (C=O) groups is 4. The van der Waals surface area contributed by atoms with Crippen molar-refractivity contribution in [1.82, 2.24) is 5.32 Å². The van der Waals surface area contributed by atoms with E-state index < -0.39 is 28.6 Å². The summed E-state index contributed by atoms with van der Waals surface area (Å²) < 4.78 is 0. The molecule has 0 spiro atoms. The van der Waals surface area contributed by atoms with E-state index in [9.17, 15) is 24.3 Å². The number of anilines is 1. The Labute approximate surface area is 157 Å². The lowest BCUT2D eigenvalue weighted by molar-refractivity contribution is -0.140. The van der Waals surface area contributed by atoms with Crippen LogP contribution >= 0.6 is 0 Å². The Morgan fingerprint density at radius 3 is 2.30 bits per heavy atom. The molecule has 1 aromatic carbocycles. The molecule has 1 aliphatic heterocycles. The third kappa shape index (κ3) is 3.11. The Balaban J connectivity index is 1.74. The number of piperidine rings is 1. The van der Waals surface area contributed by atoms with E-state index in [0.29, 0.717) is 24.9 Å². The van der Waals surface area contributed by atoms with Crippen LogP contribution in [0.15, 0.2) is 24.3 Å². The van der Waals surface area contributed by atoms with E-state index in [1.54, 1.807) is 38.1 Å². The Kier molecular flexibility index (Phi) is 4.57. The lowest BCUT2D eigenvalue weighted by atomic mass is 9.72. The van der Waals surface area contributed by atoms with E-state index in [1.165, 1.54) is 0 Å². The second-order valence-electron chi connectivity index (χ2n) is 7.99. The molecule has 0 bridgehead atoms. The van der Waals surface area contributed by atoms with Gasteiger partial charge in [0.15, 0.2) is 0 Å². The van der Waals surface area contributed by atoms with Crippen LogP contribution in [0.2, 0.25) is 0 Å². The highest BCUT2D eigenvalue weighted by Crippen LogP contribution is 2.58. The summed E-state index contributed by atoms with van der Waals surface area (Å²) in [6.45, 7) is 5.45. The average molecular weight is 372 g/mol. The molecule has 0 aromatic heterocycles.